The van der Waals surface area contributed by atoms with Crippen molar-refractivity contribution in [2.45, 2.75) is 264 Å². The summed E-state index contributed by atoms with van der Waals surface area (Å²) in [4.78, 5) is 37.9. The van der Waals surface area contributed by atoms with Gasteiger partial charge in [-0.15, -0.1) is 0 Å². The second-order valence-electron chi connectivity index (χ2n) is 17.1. The molecule has 0 amide bonds. The summed E-state index contributed by atoms with van der Waals surface area (Å²) in [5, 5.41) is 0. The van der Waals surface area contributed by atoms with Crippen LogP contribution >= 0.6 is 0 Å². The fourth-order valence-electron chi connectivity index (χ4n) is 7.15. The molecule has 0 radical (unpaired) electrons. The van der Waals surface area contributed by atoms with Gasteiger partial charge in [-0.2, -0.15) is 0 Å². The van der Waals surface area contributed by atoms with Gasteiger partial charge in [0, 0.05) is 19.3 Å². The van der Waals surface area contributed by atoms with Crippen molar-refractivity contribution in [1.82, 2.24) is 0 Å². The number of carbonyl (C=O) groups is 3. The summed E-state index contributed by atoms with van der Waals surface area (Å²) >= 11 is 0. The summed E-state index contributed by atoms with van der Waals surface area (Å²) in [6.07, 6.45) is 58.0. The molecule has 0 aromatic rings. The van der Waals surface area contributed by atoms with Crippen molar-refractivity contribution in [3.05, 3.63) is 48.6 Å². The maximum absolute atomic E-state index is 12.8. The van der Waals surface area contributed by atoms with Crippen molar-refractivity contribution in [2.24, 2.45) is 0 Å². The van der Waals surface area contributed by atoms with Gasteiger partial charge in [-0.25, -0.2) is 0 Å². The number of allylic oxidation sites excluding steroid dienone is 8. The second-order valence-corrected chi connectivity index (χ2v) is 17.1. The van der Waals surface area contributed by atoms with E-state index in [2.05, 4.69) is 69.4 Å². The number of carbonyl (C=O) groups excluding carboxylic acids is 3. The van der Waals surface area contributed by atoms with Gasteiger partial charge in [-0.05, 0) is 83.5 Å². The van der Waals surface area contributed by atoms with E-state index in [0.29, 0.717) is 19.3 Å². The molecule has 1 atom stereocenters. The lowest BCUT2D eigenvalue weighted by molar-refractivity contribution is -0.167. The predicted molar refractivity (Wildman–Crippen MR) is 256 cm³/mol. The molecule has 0 aromatic carbocycles. The minimum atomic E-state index is -0.789. The van der Waals surface area contributed by atoms with Crippen LogP contribution in [0.4, 0.5) is 0 Å². The molecular formula is C54H96O6. The first-order chi connectivity index (χ1) is 29.5. The molecule has 0 aliphatic heterocycles. The van der Waals surface area contributed by atoms with Crippen molar-refractivity contribution in [1.29, 1.82) is 0 Å². The average molecular weight is 841 g/mol. The Morgan fingerprint density at radius 2 is 0.600 bits per heavy atom. The fourth-order valence-corrected chi connectivity index (χ4v) is 7.15. The molecule has 0 heterocycles. The van der Waals surface area contributed by atoms with Crippen LogP contribution in [0.1, 0.15) is 258 Å². The van der Waals surface area contributed by atoms with Crippen molar-refractivity contribution < 1.29 is 28.6 Å². The van der Waals surface area contributed by atoms with Crippen molar-refractivity contribution in [3.8, 4) is 0 Å². The monoisotopic (exact) mass is 841 g/mol. The first-order valence-electron chi connectivity index (χ1n) is 25.6. The number of rotatable bonds is 46. The van der Waals surface area contributed by atoms with Crippen LogP contribution in [-0.2, 0) is 28.6 Å². The molecule has 0 aromatic heterocycles. The highest BCUT2D eigenvalue weighted by Gasteiger charge is 2.19. The SMILES string of the molecule is CCCCC/C=C\C/C=C\C/C=C\CCCCC(=O)OC[C@@H](COC(=O)CCCCCCCCCCCCCC)OC(=O)CCCCCCC/C=C\CCCCCCCC. The third kappa shape index (κ3) is 46.4. The highest BCUT2D eigenvalue weighted by atomic mass is 16.6. The fraction of sp³-hybridized carbons (Fsp3) is 0.796. The van der Waals surface area contributed by atoms with Gasteiger partial charge in [0.05, 0.1) is 0 Å². The zero-order valence-corrected chi connectivity index (χ0v) is 39.7. The summed E-state index contributed by atoms with van der Waals surface area (Å²) in [7, 11) is 0. The van der Waals surface area contributed by atoms with Crippen LogP contribution in [0.5, 0.6) is 0 Å². The smallest absolute Gasteiger partial charge is 0.306 e. The van der Waals surface area contributed by atoms with Crippen LogP contribution in [0.25, 0.3) is 0 Å². The highest BCUT2D eigenvalue weighted by molar-refractivity contribution is 5.71. The van der Waals surface area contributed by atoms with Crippen LogP contribution in [-0.4, -0.2) is 37.2 Å². The van der Waals surface area contributed by atoms with Gasteiger partial charge in [0.1, 0.15) is 13.2 Å². The average Bonchev–Trinajstić information content (AvgIpc) is 3.24. The molecule has 0 spiro atoms. The molecule has 0 aliphatic carbocycles. The molecule has 0 saturated carbocycles. The number of hydrogen-bond acceptors (Lipinski definition) is 6. The first kappa shape index (κ1) is 57.4. The Labute approximate surface area is 371 Å². The summed E-state index contributed by atoms with van der Waals surface area (Å²) in [6, 6.07) is 0. The molecule has 60 heavy (non-hydrogen) atoms. The Balaban J connectivity index is 4.44. The maximum Gasteiger partial charge on any atom is 0.306 e. The van der Waals surface area contributed by atoms with Gasteiger partial charge < -0.3 is 14.2 Å². The zero-order chi connectivity index (χ0) is 43.7. The van der Waals surface area contributed by atoms with Crippen LogP contribution in [0.15, 0.2) is 48.6 Å². The van der Waals surface area contributed by atoms with E-state index in [1.807, 2.05) is 0 Å². The molecule has 6 heteroatoms. The van der Waals surface area contributed by atoms with Gasteiger partial charge in [-0.1, -0.05) is 204 Å². The molecule has 0 fully saturated rings. The molecule has 0 bridgehead atoms. The number of esters is 3. The number of hydrogen-bond donors (Lipinski definition) is 0. The molecule has 0 rings (SSSR count). The molecule has 6 nitrogen and oxygen atoms in total. The van der Waals surface area contributed by atoms with Gasteiger partial charge in [0.25, 0.3) is 0 Å². The lowest BCUT2D eigenvalue weighted by Crippen LogP contribution is -2.30. The first-order valence-corrected chi connectivity index (χ1v) is 25.6. The minimum Gasteiger partial charge on any atom is -0.462 e. The molecule has 348 valence electrons. The highest BCUT2D eigenvalue weighted by Crippen LogP contribution is 2.14. The second kappa shape index (κ2) is 49.0. The van der Waals surface area contributed by atoms with E-state index < -0.39 is 6.10 Å². The molecule has 0 saturated heterocycles. The van der Waals surface area contributed by atoms with Crippen LogP contribution in [0.2, 0.25) is 0 Å². The summed E-state index contributed by atoms with van der Waals surface area (Å²) < 4.78 is 16.7. The third-order valence-electron chi connectivity index (χ3n) is 11.1. The van der Waals surface area contributed by atoms with Gasteiger partial charge in [0.15, 0.2) is 6.10 Å². The quantitative estimate of drug-likeness (QED) is 0.0263. The van der Waals surface area contributed by atoms with E-state index >= 15 is 0 Å². The van der Waals surface area contributed by atoms with Gasteiger partial charge in [0.2, 0.25) is 0 Å². The Kier molecular flexibility index (Phi) is 46.9. The molecule has 0 unspecified atom stereocenters. The van der Waals surface area contributed by atoms with Crippen molar-refractivity contribution >= 4 is 17.9 Å². The lowest BCUT2D eigenvalue weighted by Gasteiger charge is -2.18. The largest absolute Gasteiger partial charge is 0.462 e. The zero-order valence-electron chi connectivity index (χ0n) is 39.7. The van der Waals surface area contributed by atoms with Gasteiger partial charge >= 0.3 is 17.9 Å². The van der Waals surface area contributed by atoms with Crippen LogP contribution in [0.3, 0.4) is 0 Å². The number of ether oxygens (including phenoxy) is 3. The van der Waals surface area contributed by atoms with E-state index in [1.54, 1.807) is 0 Å². The number of unbranched alkanes of at least 4 members (excludes halogenated alkanes) is 27. The van der Waals surface area contributed by atoms with Crippen molar-refractivity contribution in [2.75, 3.05) is 13.2 Å². The Morgan fingerprint density at radius 3 is 1.02 bits per heavy atom. The van der Waals surface area contributed by atoms with Crippen molar-refractivity contribution in [3.63, 3.8) is 0 Å². The van der Waals surface area contributed by atoms with E-state index in [0.717, 1.165) is 83.5 Å². The molecular weight excluding hydrogens is 745 g/mol. The van der Waals surface area contributed by atoms with Gasteiger partial charge in [-0.3, -0.25) is 14.4 Å². The standard InChI is InChI=1S/C54H96O6/c1-4-7-10-13-16-19-22-25-27-29-32-35-38-41-44-47-53(56)59-50-51(49-58-52(55)46-43-40-37-34-31-24-21-18-15-12-9-6-3)60-54(57)48-45-42-39-36-33-30-28-26-23-20-17-14-11-8-5-2/h16,19,25-28,32,35,51H,4-15,17-18,20-24,29-31,33-34,36-50H2,1-3H3/b19-16-,27-25-,28-26-,35-32-/t51-/m1/s1. The third-order valence-corrected chi connectivity index (χ3v) is 11.1. The van der Waals surface area contributed by atoms with Crippen LogP contribution < -0.4 is 0 Å². The Bertz CT molecular complexity index is 1060. The normalized spacial score (nSPS) is 12.4. The Hall–Kier alpha value is -2.63. The predicted octanol–water partition coefficient (Wildman–Crippen LogP) is 16.7. The lowest BCUT2D eigenvalue weighted by atomic mass is 10.0. The summed E-state index contributed by atoms with van der Waals surface area (Å²) in [6.45, 7) is 6.57. The summed E-state index contributed by atoms with van der Waals surface area (Å²) in [5.74, 6) is -0.929. The van der Waals surface area contributed by atoms with E-state index in [-0.39, 0.29) is 31.1 Å². The Morgan fingerprint density at radius 1 is 0.333 bits per heavy atom. The van der Waals surface area contributed by atoms with E-state index in [9.17, 15) is 14.4 Å². The minimum absolute atomic E-state index is 0.0863. The maximum atomic E-state index is 12.8. The topological polar surface area (TPSA) is 78.9 Å². The summed E-state index contributed by atoms with van der Waals surface area (Å²) in [5.41, 5.74) is 0. The molecule has 0 aliphatic rings. The molecule has 0 N–H and O–H groups in total. The van der Waals surface area contributed by atoms with E-state index in [4.69, 9.17) is 14.2 Å². The van der Waals surface area contributed by atoms with Crippen LogP contribution in [0, 0.1) is 0 Å². The van der Waals surface area contributed by atoms with E-state index in [1.165, 1.54) is 135 Å².